The first kappa shape index (κ1) is 13.4. The van der Waals surface area contributed by atoms with Gasteiger partial charge in [0.1, 0.15) is 0 Å². The number of hydrogen-bond acceptors (Lipinski definition) is 3. The number of carbonyl (C=O) groups excluding carboxylic acids is 1. The zero-order valence-corrected chi connectivity index (χ0v) is 12.3. The van der Waals surface area contributed by atoms with Crippen LogP contribution in [-0.4, -0.2) is 5.78 Å². The van der Waals surface area contributed by atoms with E-state index >= 15 is 0 Å². The van der Waals surface area contributed by atoms with E-state index in [1.54, 1.807) is 0 Å². The number of rotatable bonds is 3. The molecule has 3 rings (SSSR count). The van der Waals surface area contributed by atoms with Gasteiger partial charge in [-0.15, -0.1) is 11.3 Å². The molecule has 2 aromatic rings. The number of ketones is 1. The molecule has 0 atom stereocenters. The third kappa shape index (κ3) is 2.50. The van der Waals surface area contributed by atoms with E-state index in [9.17, 15) is 4.79 Å². The van der Waals surface area contributed by atoms with Gasteiger partial charge in [-0.1, -0.05) is 49.6 Å². The fourth-order valence-corrected chi connectivity index (χ4v) is 3.97. The average molecular weight is 285 g/mol. The van der Waals surface area contributed by atoms with Crippen molar-refractivity contribution in [1.29, 1.82) is 0 Å². The molecule has 1 fully saturated rings. The van der Waals surface area contributed by atoms with Crippen LogP contribution < -0.4 is 5.73 Å². The first-order chi connectivity index (χ1) is 9.77. The molecule has 1 aromatic heterocycles. The van der Waals surface area contributed by atoms with Gasteiger partial charge in [0.05, 0.1) is 10.6 Å². The van der Waals surface area contributed by atoms with Gasteiger partial charge in [-0.25, -0.2) is 0 Å². The zero-order valence-electron chi connectivity index (χ0n) is 11.5. The van der Waals surface area contributed by atoms with E-state index in [4.69, 9.17) is 5.73 Å². The Kier molecular flexibility index (Phi) is 3.88. The van der Waals surface area contributed by atoms with Crippen LogP contribution in [0.4, 0.5) is 5.00 Å². The lowest BCUT2D eigenvalue weighted by atomic mass is 9.82. The van der Waals surface area contributed by atoms with Gasteiger partial charge in [-0.05, 0) is 29.7 Å². The van der Waals surface area contributed by atoms with E-state index in [0.29, 0.717) is 10.9 Å². The fraction of sp³-hybridized carbons (Fsp3) is 0.353. The minimum absolute atomic E-state index is 0.0740. The SMILES string of the molecule is Nc1scc(C2CCCCC2)c1C(=O)c1ccccc1. The summed E-state index contributed by atoms with van der Waals surface area (Å²) in [6.45, 7) is 0. The third-order valence-electron chi connectivity index (χ3n) is 4.16. The van der Waals surface area contributed by atoms with E-state index in [1.807, 2.05) is 30.3 Å². The van der Waals surface area contributed by atoms with Gasteiger partial charge < -0.3 is 5.73 Å². The highest BCUT2D eigenvalue weighted by atomic mass is 32.1. The van der Waals surface area contributed by atoms with Crippen molar-refractivity contribution in [1.82, 2.24) is 0 Å². The molecule has 3 heteroatoms. The van der Waals surface area contributed by atoms with Crippen LogP contribution >= 0.6 is 11.3 Å². The Morgan fingerprint density at radius 1 is 1.10 bits per heavy atom. The van der Waals surface area contributed by atoms with E-state index in [0.717, 1.165) is 11.1 Å². The van der Waals surface area contributed by atoms with E-state index < -0.39 is 0 Å². The molecule has 2 nitrogen and oxygen atoms in total. The van der Waals surface area contributed by atoms with Crippen LogP contribution in [0.25, 0.3) is 0 Å². The molecule has 20 heavy (non-hydrogen) atoms. The van der Waals surface area contributed by atoms with Crippen LogP contribution in [0, 0.1) is 0 Å². The highest BCUT2D eigenvalue weighted by Gasteiger charge is 2.25. The minimum atomic E-state index is 0.0740. The summed E-state index contributed by atoms with van der Waals surface area (Å²) in [5.74, 6) is 0.588. The number of benzene rings is 1. The molecular weight excluding hydrogens is 266 g/mol. The summed E-state index contributed by atoms with van der Waals surface area (Å²) in [4.78, 5) is 12.7. The van der Waals surface area contributed by atoms with Crippen molar-refractivity contribution >= 4 is 22.1 Å². The topological polar surface area (TPSA) is 43.1 Å². The molecule has 1 aliphatic carbocycles. The fourth-order valence-electron chi connectivity index (χ4n) is 3.08. The van der Waals surface area contributed by atoms with Crippen LogP contribution in [0.5, 0.6) is 0 Å². The molecule has 1 aliphatic rings. The predicted molar refractivity (Wildman–Crippen MR) is 84.4 cm³/mol. The van der Waals surface area contributed by atoms with Crippen molar-refractivity contribution in [2.24, 2.45) is 0 Å². The molecule has 1 heterocycles. The van der Waals surface area contributed by atoms with Gasteiger partial charge in [0.2, 0.25) is 0 Å². The van der Waals surface area contributed by atoms with Gasteiger partial charge in [-0.2, -0.15) is 0 Å². The molecule has 0 unspecified atom stereocenters. The Labute approximate surface area is 123 Å². The lowest BCUT2D eigenvalue weighted by Gasteiger charge is -2.22. The summed E-state index contributed by atoms with van der Waals surface area (Å²) in [7, 11) is 0. The summed E-state index contributed by atoms with van der Waals surface area (Å²) in [5, 5.41) is 2.76. The number of hydrogen-bond donors (Lipinski definition) is 1. The average Bonchev–Trinajstić information content (AvgIpc) is 2.90. The summed E-state index contributed by atoms with van der Waals surface area (Å²) >= 11 is 1.50. The van der Waals surface area contributed by atoms with Crippen LogP contribution in [0.15, 0.2) is 35.7 Å². The Bertz CT molecular complexity index is 597. The van der Waals surface area contributed by atoms with Crippen molar-refractivity contribution in [2.75, 3.05) is 5.73 Å². The summed E-state index contributed by atoms with van der Waals surface area (Å²) in [6, 6.07) is 9.45. The van der Waals surface area contributed by atoms with E-state index in [2.05, 4.69) is 5.38 Å². The standard InChI is InChI=1S/C17H19NOS/c18-17-15(16(19)13-9-5-2-6-10-13)14(11-20-17)12-7-3-1-4-8-12/h2,5-6,9-12H,1,3-4,7-8,18H2. The Morgan fingerprint density at radius 2 is 1.80 bits per heavy atom. The van der Waals surface area contributed by atoms with Gasteiger partial charge >= 0.3 is 0 Å². The summed E-state index contributed by atoms with van der Waals surface area (Å²) in [5.41, 5.74) is 8.75. The van der Waals surface area contributed by atoms with E-state index in [1.165, 1.54) is 49.0 Å². The molecule has 0 aliphatic heterocycles. The molecule has 0 amide bonds. The Balaban J connectivity index is 1.96. The second kappa shape index (κ2) is 5.80. The van der Waals surface area contributed by atoms with Gasteiger partial charge in [0.25, 0.3) is 0 Å². The smallest absolute Gasteiger partial charge is 0.196 e. The summed E-state index contributed by atoms with van der Waals surface area (Å²) < 4.78 is 0. The Hall–Kier alpha value is -1.61. The van der Waals surface area contributed by atoms with Gasteiger partial charge in [0, 0.05) is 5.56 Å². The third-order valence-corrected chi connectivity index (χ3v) is 4.99. The monoisotopic (exact) mass is 285 g/mol. The van der Waals surface area contributed by atoms with Crippen LogP contribution in [0.1, 0.15) is 59.5 Å². The molecule has 1 aromatic carbocycles. The largest absolute Gasteiger partial charge is 0.390 e. The lowest BCUT2D eigenvalue weighted by molar-refractivity contribution is 0.103. The predicted octanol–water partition coefficient (Wildman–Crippen LogP) is 4.61. The molecule has 2 N–H and O–H groups in total. The molecule has 104 valence electrons. The Morgan fingerprint density at radius 3 is 2.50 bits per heavy atom. The zero-order chi connectivity index (χ0) is 13.9. The second-order valence-electron chi connectivity index (χ2n) is 5.46. The molecule has 0 bridgehead atoms. The van der Waals surface area contributed by atoms with Crippen molar-refractivity contribution in [3.8, 4) is 0 Å². The van der Waals surface area contributed by atoms with Crippen LogP contribution in [-0.2, 0) is 0 Å². The number of thiophene rings is 1. The van der Waals surface area contributed by atoms with Crippen LogP contribution in [0.3, 0.4) is 0 Å². The normalized spacial score (nSPS) is 16.2. The lowest BCUT2D eigenvalue weighted by Crippen LogP contribution is -2.11. The van der Waals surface area contributed by atoms with Crippen molar-refractivity contribution in [3.63, 3.8) is 0 Å². The van der Waals surface area contributed by atoms with Crippen molar-refractivity contribution in [3.05, 3.63) is 52.4 Å². The van der Waals surface area contributed by atoms with Gasteiger partial charge in [-0.3, -0.25) is 4.79 Å². The van der Waals surface area contributed by atoms with Crippen molar-refractivity contribution < 1.29 is 4.79 Å². The van der Waals surface area contributed by atoms with Crippen LogP contribution in [0.2, 0.25) is 0 Å². The second-order valence-corrected chi connectivity index (χ2v) is 6.37. The first-order valence-corrected chi connectivity index (χ1v) is 8.12. The molecular formula is C17H19NOS. The maximum Gasteiger partial charge on any atom is 0.196 e. The maximum absolute atomic E-state index is 12.7. The number of anilines is 1. The minimum Gasteiger partial charge on any atom is -0.390 e. The maximum atomic E-state index is 12.7. The summed E-state index contributed by atoms with van der Waals surface area (Å²) in [6.07, 6.45) is 6.22. The van der Waals surface area contributed by atoms with E-state index in [-0.39, 0.29) is 5.78 Å². The number of nitrogens with two attached hydrogens (primary N) is 1. The first-order valence-electron chi connectivity index (χ1n) is 7.24. The highest BCUT2D eigenvalue weighted by Crippen LogP contribution is 2.39. The van der Waals surface area contributed by atoms with Crippen molar-refractivity contribution in [2.45, 2.75) is 38.0 Å². The molecule has 0 saturated heterocycles. The molecule has 1 saturated carbocycles. The highest BCUT2D eigenvalue weighted by molar-refractivity contribution is 7.14. The quantitative estimate of drug-likeness (QED) is 0.837. The number of nitrogen functional groups attached to an aromatic ring is 1. The molecule has 0 spiro atoms. The van der Waals surface area contributed by atoms with Gasteiger partial charge in [0.15, 0.2) is 5.78 Å². The number of carbonyl (C=O) groups is 1. The molecule has 0 radical (unpaired) electrons.